The highest BCUT2D eigenvalue weighted by molar-refractivity contribution is 8.01. The van der Waals surface area contributed by atoms with Gasteiger partial charge >= 0.3 is 22.4 Å². The van der Waals surface area contributed by atoms with Crippen molar-refractivity contribution < 1.29 is 48.7 Å². The van der Waals surface area contributed by atoms with Gasteiger partial charge in [0.15, 0.2) is 6.29 Å². The monoisotopic (exact) mass is 564 g/mol. The fraction of sp³-hybridized carbons (Fsp3) is 0.312. The quantitative estimate of drug-likeness (QED) is 0.275. The molecule has 0 amide bonds. The lowest BCUT2D eigenvalue weighted by atomic mass is 10.1. The molecular formula is C16H4Cl2F10N2OS2. The van der Waals surface area contributed by atoms with Crippen molar-refractivity contribution >= 4 is 53.0 Å². The minimum absolute atomic E-state index is 0.160. The number of carbonyl (C=O) groups is 1. The van der Waals surface area contributed by atoms with Crippen LogP contribution in [-0.4, -0.2) is 26.8 Å². The summed E-state index contributed by atoms with van der Waals surface area (Å²) in [7, 11) is 0. The van der Waals surface area contributed by atoms with Crippen LogP contribution in [0.25, 0.3) is 0 Å². The summed E-state index contributed by atoms with van der Waals surface area (Å²) in [5, 5.41) is -9.66. The zero-order valence-electron chi connectivity index (χ0n) is 15.0. The summed E-state index contributed by atoms with van der Waals surface area (Å²) in [5.74, 6) is -8.98. The van der Waals surface area contributed by atoms with Crippen molar-refractivity contribution in [1.29, 1.82) is 0 Å². The highest BCUT2D eigenvalue weighted by Crippen LogP contribution is 2.62. The van der Waals surface area contributed by atoms with E-state index in [1.807, 2.05) is 0 Å². The molecule has 17 heteroatoms. The van der Waals surface area contributed by atoms with Crippen molar-refractivity contribution in [3.63, 3.8) is 0 Å². The number of pyridine rings is 2. The number of hydrogen-bond acceptors (Lipinski definition) is 5. The molecule has 0 aliphatic carbocycles. The number of alkyl halides is 10. The second-order valence-corrected chi connectivity index (χ2v) is 9.26. The van der Waals surface area contributed by atoms with E-state index in [0.717, 1.165) is 6.20 Å². The lowest BCUT2D eigenvalue weighted by Gasteiger charge is -2.16. The molecule has 0 fully saturated rings. The van der Waals surface area contributed by atoms with Crippen LogP contribution >= 0.6 is 46.7 Å². The van der Waals surface area contributed by atoms with Gasteiger partial charge in [0.25, 0.3) is 6.43 Å². The Kier molecular flexibility index (Phi) is 6.61. The maximum absolute atomic E-state index is 13.2. The van der Waals surface area contributed by atoms with E-state index in [4.69, 9.17) is 23.2 Å². The number of nitrogens with zero attached hydrogens (tertiary/aromatic N) is 2. The van der Waals surface area contributed by atoms with Gasteiger partial charge in [-0.15, -0.1) is 0 Å². The van der Waals surface area contributed by atoms with Crippen molar-refractivity contribution in [3.05, 3.63) is 45.0 Å². The first-order valence-corrected chi connectivity index (χ1v) is 10.4. The molecule has 0 spiro atoms. The number of aromatic nitrogens is 2. The number of carbonyl (C=O) groups excluding carboxylic acids is 1. The molecular weight excluding hydrogens is 561 g/mol. The van der Waals surface area contributed by atoms with Crippen LogP contribution in [-0.2, 0) is 11.8 Å². The van der Waals surface area contributed by atoms with Crippen LogP contribution in [0.1, 0.15) is 33.7 Å². The first kappa shape index (κ1) is 26.2. The lowest BCUT2D eigenvalue weighted by molar-refractivity contribution is -0.157. The highest BCUT2D eigenvalue weighted by Gasteiger charge is 2.67. The van der Waals surface area contributed by atoms with Crippen LogP contribution in [0.5, 0.6) is 0 Å². The predicted octanol–water partition coefficient (Wildman–Crippen LogP) is 7.80. The standard InChI is InChI=1S/C8H2ClF6NS.C8H2ClF4NOS/c9-2-1-16-5-4(3(2)6(10)11)17-8(14,15)7(5,12)13;9-4-1-14-6-5(3(4)2-15)16-8(12,13)7(6,10)11/h1,6H;1-2H. The Morgan fingerprint density at radius 2 is 1.21 bits per heavy atom. The molecule has 0 radical (unpaired) electrons. The third kappa shape index (κ3) is 4.04. The van der Waals surface area contributed by atoms with Crippen LogP contribution in [0, 0.1) is 0 Å². The largest absolute Gasteiger partial charge is 0.366 e. The summed E-state index contributed by atoms with van der Waals surface area (Å²) in [5.41, 5.74) is -3.87. The zero-order valence-corrected chi connectivity index (χ0v) is 18.1. The summed E-state index contributed by atoms with van der Waals surface area (Å²) in [6, 6.07) is 0. The summed E-state index contributed by atoms with van der Waals surface area (Å²) < 4.78 is 130. The Morgan fingerprint density at radius 3 is 1.67 bits per heavy atom. The molecule has 2 aliphatic rings. The Labute approximate surface area is 195 Å². The van der Waals surface area contributed by atoms with E-state index in [9.17, 15) is 48.7 Å². The molecule has 3 nitrogen and oxygen atoms in total. The molecule has 0 bridgehead atoms. The van der Waals surface area contributed by atoms with Crippen molar-refractivity contribution in [3.8, 4) is 0 Å². The minimum Gasteiger partial charge on any atom is -0.298 e. The van der Waals surface area contributed by atoms with Gasteiger partial charge in [0.05, 0.1) is 31.0 Å². The number of fused-ring (bicyclic) bond motifs is 2. The molecule has 0 unspecified atom stereocenters. The second-order valence-electron chi connectivity index (χ2n) is 6.20. The maximum atomic E-state index is 13.2. The van der Waals surface area contributed by atoms with Crippen molar-refractivity contribution in [2.45, 2.75) is 38.6 Å². The first-order valence-electron chi connectivity index (χ1n) is 8.00. The fourth-order valence-corrected chi connectivity index (χ4v) is 5.22. The van der Waals surface area contributed by atoms with Crippen LogP contribution < -0.4 is 0 Å². The van der Waals surface area contributed by atoms with E-state index in [0.29, 0.717) is 6.20 Å². The Bertz CT molecular complexity index is 1130. The predicted molar refractivity (Wildman–Crippen MR) is 98.2 cm³/mol. The molecule has 2 aromatic heterocycles. The van der Waals surface area contributed by atoms with E-state index >= 15 is 0 Å². The summed E-state index contributed by atoms with van der Waals surface area (Å²) in [4.78, 5) is 15.3. The smallest absolute Gasteiger partial charge is 0.298 e. The fourth-order valence-electron chi connectivity index (χ4n) is 2.60. The number of halogens is 12. The average molecular weight is 565 g/mol. The molecule has 4 heterocycles. The normalized spacial score (nSPS) is 20.6. The van der Waals surface area contributed by atoms with Gasteiger partial charge in [0.2, 0.25) is 0 Å². The lowest BCUT2D eigenvalue weighted by Crippen LogP contribution is -2.30. The Morgan fingerprint density at radius 1 is 0.788 bits per heavy atom. The van der Waals surface area contributed by atoms with Gasteiger partial charge in [0.1, 0.15) is 11.4 Å². The molecule has 0 N–H and O–H groups in total. The van der Waals surface area contributed by atoms with E-state index in [-0.39, 0.29) is 16.9 Å². The van der Waals surface area contributed by atoms with Gasteiger partial charge in [-0.25, -0.2) is 8.78 Å². The Balaban J connectivity index is 0.000000186. The number of thioether (sulfide) groups is 2. The second kappa shape index (κ2) is 8.34. The molecule has 180 valence electrons. The molecule has 0 atom stereocenters. The third-order valence-electron chi connectivity index (χ3n) is 4.17. The van der Waals surface area contributed by atoms with Crippen LogP contribution in [0.3, 0.4) is 0 Å². The summed E-state index contributed by atoms with van der Waals surface area (Å²) in [6.45, 7) is 0. The van der Waals surface area contributed by atoms with Crippen LogP contribution in [0.4, 0.5) is 43.9 Å². The van der Waals surface area contributed by atoms with Crippen molar-refractivity contribution in [1.82, 2.24) is 9.97 Å². The molecule has 0 aromatic carbocycles. The first-order chi connectivity index (χ1) is 15.0. The van der Waals surface area contributed by atoms with E-state index in [1.165, 1.54) is 0 Å². The molecule has 0 saturated heterocycles. The maximum Gasteiger partial charge on any atom is 0.366 e. The molecule has 33 heavy (non-hydrogen) atoms. The number of rotatable bonds is 2. The average Bonchev–Trinajstić information content (AvgIpc) is 2.96. The molecule has 2 aromatic rings. The highest BCUT2D eigenvalue weighted by atomic mass is 35.5. The number of aldehydes is 1. The molecule has 4 rings (SSSR count). The third-order valence-corrected chi connectivity index (χ3v) is 7.03. The van der Waals surface area contributed by atoms with Gasteiger partial charge in [-0.1, -0.05) is 23.2 Å². The molecule has 0 saturated carbocycles. The van der Waals surface area contributed by atoms with Gasteiger partial charge in [0, 0.05) is 12.4 Å². The van der Waals surface area contributed by atoms with Gasteiger partial charge in [-0.2, -0.15) is 35.1 Å². The summed E-state index contributed by atoms with van der Waals surface area (Å²) >= 11 is 9.80. The Hall–Kier alpha value is -1.45. The van der Waals surface area contributed by atoms with Gasteiger partial charge in [-0.05, 0) is 23.5 Å². The van der Waals surface area contributed by atoms with E-state index in [1.54, 1.807) is 0 Å². The number of hydrogen-bond donors (Lipinski definition) is 0. The van der Waals surface area contributed by atoms with E-state index in [2.05, 4.69) is 9.97 Å². The van der Waals surface area contributed by atoms with Crippen molar-refractivity contribution in [2.24, 2.45) is 0 Å². The minimum atomic E-state index is -4.58. The summed E-state index contributed by atoms with van der Waals surface area (Å²) in [6.07, 6.45) is -1.78. The van der Waals surface area contributed by atoms with Gasteiger partial charge < -0.3 is 0 Å². The topological polar surface area (TPSA) is 42.9 Å². The van der Waals surface area contributed by atoms with Crippen LogP contribution in [0.2, 0.25) is 10.0 Å². The van der Waals surface area contributed by atoms with E-state index < -0.39 is 84.1 Å². The molecule has 2 aliphatic heterocycles. The SMILES string of the molecule is FC(F)c1c(Cl)cnc2c1SC(F)(F)C2(F)F.O=Cc1c(Cl)cnc2c1SC(F)(F)C2(F)F. The van der Waals surface area contributed by atoms with Gasteiger partial charge in [-0.3, -0.25) is 14.8 Å². The van der Waals surface area contributed by atoms with Crippen LogP contribution in [0.15, 0.2) is 22.2 Å². The van der Waals surface area contributed by atoms with Crippen molar-refractivity contribution in [2.75, 3.05) is 0 Å². The zero-order chi connectivity index (χ0) is 25.1.